The summed E-state index contributed by atoms with van der Waals surface area (Å²) in [5.74, 6) is 0. The molecule has 20 heavy (non-hydrogen) atoms. The number of nitrogens with zero attached hydrogens (tertiary/aromatic N) is 1. The summed E-state index contributed by atoms with van der Waals surface area (Å²) in [6.07, 6.45) is 0. The maximum atomic E-state index is 11.0. The van der Waals surface area contributed by atoms with Gasteiger partial charge < -0.3 is 5.73 Å². The predicted molar refractivity (Wildman–Crippen MR) is 81.3 cm³/mol. The van der Waals surface area contributed by atoms with E-state index in [1.165, 1.54) is 17.8 Å². The molecule has 0 aromatic heterocycles. The molecule has 2 rings (SSSR count). The van der Waals surface area contributed by atoms with Gasteiger partial charge in [-0.15, -0.1) is 0 Å². The Labute approximate surface area is 126 Å². The molecule has 0 spiro atoms. The molecule has 0 bridgehead atoms. The Morgan fingerprint density at radius 3 is 2.55 bits per heavy atom. The fourth-order valence-corrected chi connectivity index (χ4v) is 2.92. The zero-order chi connectivity index (χ0) is 14.7. The smallest absolute Gasteiger partial charge is 0.283 e. The molecule has 0 unspecified atom stereocenters. The van der Waals surface area contributed by atoms with Crippen LogP contribution < -0.4 is 5.73 Å². The molecular formula is C14H13ClN2O2S. The lowest BCUT2D eigenvalue weighted by atomic mass is 10.1. The SMILES string of the molecule is C[C@H](N)c1ccc(Sc2ccccc2[N+](=O)[O-])c(Cl)c1. The van der Waals surface area contributed by atoms with Gasteiger partial charge in [0.2, 0.25) is 0 Å². The van der Waals surface area contributed by atoms with Crippen LogP contribution in [-0.2, 0) is 0 Å². The van der Waals surface area contributed by atoms with Crippen LogP contribution in [0.3, 0.4) is 0 Å². The van der Waals surface area contributed by atoms with Crippen molar-refractivity contribution in [2.24, 2.45) is 5.73 Å². The summed E-state index contributed by atoms with van der Waals surface area (Å²) in [6.45, 7) is 1.88. The molecule has 0 aliphatic heterocycles. The molecule has 2 N–H and O–H groups in total. The highest BCUT2D eigenvalue weighted by atomic mass is 35.5. The van der Waals surface area contributed by atoms with E-state index in [-0.39, 0.29) is 11.7 Å². The van der Waals surface area contributed by atoms with Crippen LogP contribution in [0.4, 0.5) is 5.69 Å². The van der Waals surface area contributed by atoms with E-state index in [1.807, 2.05) is 19.1 Å². The summed E-state index contributed by atoms with van der Waals surface area (Å²) in [7, 11) is 0. The van der Waals surface area contributed by atoms with Gasteiger partial charge in [-0.05, 0) is 30.7 Å². The lowest BCUT2D eigenvalue weighted by Gasteiger charge is -2.09. The van der Waals surface area contributed by atoms with Gasteiger partial charge >= 0.3 is 0 Å². The molecule has 6 heteroatoms. The normalized spacial score (nSPS) is 12.2. The van der Waals surface area contributed by atoms with E-state index in [0.717, 1.165) is 10.5 Å². The van der Waals surface area contributed by atoms with Gasteiger partial charge in [-0.3, -0.25) is 10.1 Å². The lowest BCUT2D eigenvalue weighted by Crippen LogP contribution is -2.04. The molecule has 0 fully saturated rings. The summed E-state index contributed by atoms with van der Waals surface area (Å²) >= 11 is 7.48. The van der Waals surface area contributed by atoms with Crippen LogP contribution in [0, 0.1) is 10.1 Å². The summed E-state index contributed by atoms with van der Waals surface area (Å²) in [4.78, 5) is 11.9. The highest BCUT2D eigenvalue weighted by Gasteiger charge is 2.15. The maximum absolute atomic E-state index is 11.0. The predicted octanol–water partition coefficient (Wildman–Crippen LogP) is 4.42. The van der Waals surface area contributed by atoms with E-state index in [0.29, 0.717) is 9.92 Å². The highest BCUT2D eigenvalue weighted by molar-refractivity contribution is 7.99. The molecule has 4 nitrogen and oxygen atoms in total. The van der Waals surface area contributed by atoms with Crippen molar-refractivity contribution in [3.8, 4) is 0 Å². The average molecular weight is 309 g/mol. The van der Waals surface area contributed by atoms with Gasteiger partial charge in [0.15, 0.2) is 0 Å². The average Bonchev–Trinajstić information content (AvgIpc) is 2.41. The first-order valence-corrected chi connectivity index (χ1v) is 7.15. The van der Waals surface area contributed by atoms with Gasteiger partial charge in [-0.25, -0.2) is 0 Å². The van der Waals surface area contributed by atoms with Crippen molar-refractivity contribution >= 4 is 29.1 Å². The van der Waals surface area contributed by atoms with Crippen LogP contribution in [0.15, 0.2) is 52.3 Å². The van der Waals surface area contributed by atoms with Crippen LogP contribution in [0.25, 0.3) is 0 Å². The van der Waals surface area contributed by atoms with Crippen molar-refractivity contribution in [1.29, 1.82) is 0 Å². The van der Waals surface area contributed by atoms with Gasteiger partial charge in [0.1, 0.15) is 0 Å². The van der Waals surface area contributed by atoms with Crippen molar-refractivity contribution in [3.05, 3.63) is 63.2 Å². The van der Waals surface area contributed by atoms with Crippen LogP contribution in [-0.4, -0.2) is 4.92 Å². The Morgan fingerprint density at radius 1 is 1.25 bits per heavy atom. The van der Waals surface area contributed by atoms with E-state index in [4.69, 9.17) is 17.3 Å². The second-order valence-corrected chi connectivity index (χ2v) is 5.80. The van der Waals surface area contributed by atoms with Crippen LogP contribution in [0.2, 0.25) is 5.02 Å². The Morgan fingerprint density at radius 2 is 1.95 bits per heavy atom. The molecule has 0 saturated carbocycles. The van der Waals surface area contributed by atoms with E-state index in [1.54, 1.807) is 24.3 Å². The molecule has 0 amide bonds. The van der Waals surface area contributed by atoms with Gasteiger partial charge in [0, 0.05) is 17.0 Å². The highest BCUT2D eigenvalue weighted by Crippen LogP contribution is 2.38. The van der Waals surface area contributed by atoms with Crippen molar-refractivity contribution in [2.45, 2.75) is 22.8 Å². The minimum atomic E-state index is -0.396. The molecule has 0 aliphatic rings. The van der Waals surface area contributed by atoms with E-state index in [9.17, 15) is 10.1 Å². The minimum Gasteiger partial charge on any atom is -0.324 e. The first kappa shape index (κ1) is 14.8. The van der Waals surface area contributed by atoms with Crippen molar-refractivity contribution in [2.75, 3.05) is 0 Å². The number of nitro groups is 1. The molecule has 2 aromatic rings. The summed E-state index contributed by atoms with van der Waals surface area (Å²) in [6, 6.07) is 12.0. The molecule has 0 saturated heterocycles. The number of rotatable bonds is 4. The first-order chi connectivity index (χ1) is 9.49. The molecule has 0 radical (unpaired) electrons. The number of hydrogen-bond donors (Lipinski definition) is 1. The Hall–Kier alpha value is -1.56. The van der Waals surface area contributed by atoms with Gasteiger partial charge in [0.05, 0.1) is 14.8 Å². The summed E-state index contributed by atoms with van der Waals surface area (Å²) in [5.41, 5.74) is 6.80. The second kappa shape index (κ2) is 6.26. The van der Waals surface area contributed by atoms with Crippen LogP contribution in [0.1, 0.15) is 18.5 Å². The van der Waals surface area contributed by atoms with Gasteiger partial charge in [0.25, 0.3) is 5.69 Å². The molecule has 2 aromatic carbocycles. The number of nitrogens with two attached hydrogens (primary N) is 1. The number of halogens is 1. The summed E-state index contributed by atoms with van der Waals surface area (Å²) in [5, 5.41) is 11.5. The Bertz CT molecular complexity index is 647. The molecule has 1 atom stereocenters. The number of para-hydroxylation sites is 1. The standard InChI is InChI=1S/C14H13ClN2O2S/c1-9(16)10-6-7-13(11(15)8-10)20-14-5-3-2-4-12(14)17(18)19/h2-9H,16H2,1H3/t9-/m0/s1. The topological polar surface area (TPSA) is 69.2 Å². The third-order valence-electron chi connectivity index (χ3n) is 2.76. The first-order valence-electron chi connectivity index (χ1n) is 5.95. The van der Waals surface area contributed by atoms with Crippen LogP contribution >= 0.6 is 23.4 Å². The fraction of sp³-hybridized carbons (Fsp3) is 0.143. The minimum absolute atomic E-state index is 0.0739. The zero-order valence-corrected chi connectivity index (χ0v) is 12.3. The monoisotopic (exact) mass is 308 g/mol. The van der Waals surface area contributed by atoms with Gasteiger partial charge in [-0.2, -0.15) is 0 Å². The lowest BCUT2D eigenvalue weighted by molar-refractivity contribution is -0.387. The number of nitro benzene ring substituents is 1. The van der Waals surface area contributed by atoms with Crippen molar-refractivity contribution in [1.82, 2.24) is 0 Å². The summed E-state index contributed by atoms with van der Waals surface area (Å²) < 4.78 is 0. The van der Waals surface area contributed by atoms with Crippen molar-refractivity contribution in [3.63, 3.8) is 0 Å². The fourth-order valence-electron chi connectivity index (χ4n) is 1.70. The van der Waals surface area contributed by atoms with E-state index >= 15 is 0 Å². The second-order valence-electron chi connectivity index (χ2n) is 4.31. The third kappa shape index (κ3) is 3.30. The number of hydrogen-bond acceptors (Lipinski definition) is 4. The third-order valence-corrected chi connectivity index (χ3v) is 4.33. The van der Waals surface area contributed by atoms with Crippen LogP contribution in [0.5, 0.6) is 0 Å². The van der Waals surface area contributed by atoms with Crippen molar-refractivity contribution < 1.29 is 4.92 Å². The largest absolute Gasteiger partial charge is 0.324 e. The van der Waals surface area contributed by atoms with E-state index in [2.05, 4.69) is 0 Å². The molecular weight excluding hydrogens is 296 g/mol. The molecule has 0 aliphatic carbocycles. The molecule has 0 heterocycles. The van der Waals surface area contributed by atoms with E-state index < -0.39 is 4.92 Å². The van der Waals surface area contributed by atoms with Gasteiger partial charge in [-0.1, -0.05) is 41.6 Å². The molecule has 104 valence electrons. The maximum Gasteiger partial charge on any atom is 0.283 e. The zero-order valence-electron chi connectivity index (χ0n) is 10.7. The Kier molecular flexibility index (Phi) is 4.65. The Balaban J connectivity index is 2.33. The number of benzene rings is 2. The quantitative estimate of drug-likeness (QED) is 0.670.